The number of nitrogen functional groups attached to an aromatic ring is 1. The maximum atomic E-state index is 12.2. The average Bonchev–Trinajstić information content (AvgIpc) is 2.75. The summed E-state index contributed by atoms with van der Waals surface area (Å²) in [5.41, 5.74) is 8.64. The molecule has 5 nitrogen and oxygen atoms in total. The second kappa shape index (κ2) is 5.83. The molecule has 0 aliphatic heterocycles. The minimum Gasteiger partial charge on any atom is -0.444 e. The topological polar surface area (TPSA) is 81.1 Å². The minimum atomic E-state index is -0.180. The summed E-state index contributed by atoms with van der Waals surface area (Å²) in [7, 11) is 0. The van der Waals surface area contributed by atoms with E-state index in [0.29, 0.717) is 23.0 Å². The minimum absolute atomic E-state index is 0.141. The van der Waals surface area contributed by atoms with E-state index in [9.17, 15) is 4.79 Å². The molecule has 0 saturated carbocycles. The van der Waals surface area contributed by atoms with E-state index in [1.165, 1.54) is 0 Å². The summed E-state index contributed by atoms with van der Waals surface area (Å²) in [4.78, 5) is 16.6. The van der Waals surface area contributed by atoms with Gasteiger partial charge in [0.05, 0.1) is 23.5 Å². The van der Waals surface area contributed by atoms with Crippen LogP contribution in [-0.4, -0.2) is 10.9 Å². The van der Waals surface area contributed by atoms with Crippen molar-refractivity contribution in [3.63, 3.8) is 0 Å². The van der Waals surface area contributed by atoms with Gasteiger partial charge < -0.3 is 15.5 Å². The second-order valence-corrected chi connectivity index (χ2v) is 6.59. The number of aromatic nitrogens is 1. The first-order valence-electron chi connectivity index (χ1n) is 7.29. The molecule has 0 bridgehead atoms. The van der Waals surface area contributed by atoms with Crippen LogP contribution in [0.5, 0.6) is 0 Å². The quantitative estimate of drug-likeness (QED) is 0.852. The molecule has 22 heavy (non-hydrogen) atoms. The number of nitrogens with zero attached hydrogens (tertiary/aromatic N) is 1. The first-order chi connectivity index (χ1) is 10.2. The summed E-state index contributed by atoms with van der Waals surface area (Å²) < 4.78 is 5.74. The summed E-state index contributed by atoms with van der Waals surface area (Å²) >= 11 is 0. The van der Waals surface area contributed by atoms with Gasteiger partial charge in [-0.25, -0.2) is 4.98 Å². The fourth-order valence-corrected chi connectivity index (χ4v) is 2.03. The fraction of sp³-hybridized carbons (Fsp3) is 0.412. The molecule has 0 aliphatic rings. The molecule has 118 valence electrons. The van der Waals surface area contributed by atoms with Crippen molar-refractivity contribution in [1.82, 2.24) is 4.98 Å². The molecule has 0 saturated heterocycles. The van der Waals surface area contributed by atoms with Crippen LogP contribution in [0, 0.1) is 13.8 Å². The van der Waals surface area contributed by atoms with Crippen LogP contribution in [0.4, 0.5) is 11.4 Å². The predicted octanol–water partition coefficient (Wildman–Crippen LogP) is 3.35. The lowest BCUT2D eigenvalue weighted by molar-refractivity contribution is -0.115. The number of rotatable bonds is 3. The molecular formula is C17H23N3O2. The second-order valence-electron chi connectivity index (χ2n) is 6.59. The third kappa shape index (κ3) is 3.67. The van der Waals surface area contributed by atoms with Gasteiger partial charge in [-0.05, 0) is 31.5 Å². The molecule has 2 aromatic rings. The van der Waals surface area contributed by atoms with Gasteiger partial charge in [0.15, 0.2) is 5.89 Å². The SMILES string of the molecule is Cc1ccc(N)c(NC(=O)Cc2oc(C(C)(C)C)nc2C)c1. The number of carbonyl (C=O) groups is 1. The Morgan fingerprint density at radius 2 is 2.00 bits per heavy atom. The molecule has 5 heteroatoms. The van der Waals surface area contributed by atoms with Gasteiger partial charge >= 0.3 is 0 Å². The van der Waals surface area contributed by atoms with Crippen molar-refractivity contribution in [1.29, 1.82) is 0 Å². The fourth-order valence-electron chi connectivity index (χ4n) is 2.03. The van der Waals surface area contributed by atoms with Crippen LogP contribution >= 0.6 is 0 Å². The Labute approximate surface area is 130 Å². The Kier molecular flexibility index (Phi) is 4.26. The van der Waals surface area contributed by atoms with Crippen LogP contribution in [0.3, 0.4) is 0 Å². The van der Waals surface area contributed by atoms with Crippen molar-refractivity contribution in [3.8, 4) is 0 Å². The highest BCUT2D eigenvalue weighted by Gasteiger charge is 2.23. The number of nitrogens with two attached hydrogens (primary N) is 1. The lowest BCUT2D eigenvalue weighted by Crippen LogP contribution is -2.16. The molecule has 0 unspecified atom stereocenters. The third-order valence-corrected chi connectivity index (χ3v) is 3.34. The van der Waals surface area contributed by atoms with E-state index in [2.05, 4.69) is 10.3 Å². The maximum absolute atomic E-state index is 12.2. The van der Waals surface area contributed by atoms with E-state index in [0.717, 1.165) is 11.3 Å². The van der Waals surface area contributed by atoms with Crippen LogP contribution in [0.25, 0.3) is 0 Å². The van der Waals surface area contributed by atoms with E-state index >= 15 is 0 Å². The Hall–Kier alpha value is -2.30. The normalized spacial score (nSPS) is 11.5. The summed E-state index contributed by atoms with van der Waals surface area (Å²) in [6.07, 6.45) is 0.141. The molecule has 3 N–H and O–H groups in total. The Balaban J connectivity index is 2.13. The molecule has 0 radical (unpaired) electrons. The van der Waals surface area contributed by atoms with Gasteiger partial charge in [0.1, 0.15) is 5.76 Å². The highest BCUT2D eigenvalue weighted by molar-refractivity contribution is 5.95. The zero-order chi connectivity index (χ0) is 16.5. The van der Waals surface area contributed by atoms with Crippen LogP contribution in [-0.2, 0) is 16.6 Å². The number of anilines is 2. The summed E-state index contributed by atoms with van der Waals surface area (Å²) in [5, 5.41) is 2.82. The van der Waals surface area contributed by atoms with E-state index in [1.54, 1.807) is 6.07 Å². The van der Waals surface area contributed by atoms with Crippen molar-refractivity contribution in [2.24, 2.45) is 0 Å². The predicted molar refractivity (Wildman–Crippen MR) is 87.9 cm³/mol. The number of hydrogen-bond donors (Lipinski definition) is 2. The number of oxazole rings is 1. The number of hydrogen-bond acceptors (Lipinski definition) is 4. The van der Waals surface area contributed by atoms with Crippen molar-refractivity contribution in [3.05, 3.63) is 41.1 Å². The van der Waals surface area contributed by atoms with Crippen molar-refractivity contribution in [2.75, 3.05) is 11.1 Å². The van der Waals surface area contributed by atoms with Crippen molar-refractivity contribution in [2.45, 2.75) is 46.5 Å². The zero-order valence-corrected chi connectivity index (χ0v) is 13.8. The van der Waals surface area contributed by atoms with E-state index < -0.39 is 0 Å². The van der Waals surface area contributed by atoms with Gasteiger partial charge in [-0.15, -0.1) is 0 Å². The first kappa shape index (κ1) is 16.1. The molecule has 2 rings (SSSR count). The molecular weight excluding hydrogens is 278 g/mol. The molecule has 1 aromatic carbocycles. The zero-order valence-electron chi connectivity index (χ0n) is 13.8. The number of amides is 1. The van der Waals surface area contributed by atoms with Crippen LogP contribution in [0.15, 0.2) is 22.6 Å². The monoisotopic (exact) mass is 301 g/mol. The van der Waals surface area contributed by atoms with Gasteiger partial charge in [-0.3, -0.25) is 4.79 Å². The summed E-state index contributed by atoms with van der Waals surface area (Å²) in [6, 6.07) is 5.53. The molecule has 1 heterocycles. The molecule has 0 atom stereocenters. The summed E-state index contributed by atoms with van der Waals surface area (Å²) in [6.45, 7) is 9.87. The number of benzene rings is 1. The van der Waals surface area contributed by atoms with Crippen LogP contribution in [0.1, 0.15) is 43.7 Å². The third-order valence-electron chi connectivity index (χ3n) is 3.34. The maximum Gasteiger partial charge on any atom is 0.232 e. The number of aryl methyl sites for hydroxylation is 2. The lowest BCUT2D eigenvalue weighted by Gasteiger charge is -2.12. The first-order valence-corrected chi connectivity index (χ1v) is 7.29. The Morgan fingerprint density at radius 3 is 2.59 bits per heavy atom. The van der Waals surface area contributed by atoms with Gasteiger partial charge in [0.2, 0.25) is 5.91 Å². The molecule has 1 amide bonds. The van der Waals surface area contributed by atoms with Crippen LogP contribution in [0.2, 0.25) is 0 Å². The highest BCUT2D eigenvalue weighted by Crippen LogP contribution is 2.25. The van der Waals surface area contributed by atoms with E-state index in [-0.39, 0.29) is 17.7 Å². The molecule has 1 aromatic heterocycles. The van der Waals surface area contributed by atoms with Gasteiger partial charge in [-0.2, -0.15) is 0 Å². The van der Waals surface area contributed by atoms with Gasteiger partial charge in [-0.1, -0.05) is 26.8 Å². The lowest BCUT2D eigenvalue weighted by atomic mass is 9.97. The largest absolute Gasteiger partial charge is 0.444 e. The Morgan fingerprint density at radius 1 is 1.32 bits per heavy atom. The standard InChI is InChI=1S/C17H23N3O2/c1-10-6-7-12(18)13(8-10)20-15(21)9-14-11(2)19-16(22-14)17(3,4)5/h6-8H,9,18H2,1-5H3,(H,20,21). The van der Waals surface area contributed by atoms with Crippen molar-refractivity contribution >= 4 is 17.3 Å². The molecule has 0 spiro atoms. The Bertz CT molecular complexity index is 696. The van der Waals surface area contributed by atoms with Crippen molar-refractivity contribution < 1.29 is 9.21 Å². The average molecular weight is 301 g/mol. The van der Waals surface area contributed by atoms with Crippen LogP contribution < -0.4 is 11.1 Å². The molecule has 0 aliphatic carbocycles. The molecule has 0 fully saturated rings. The van der Waals surface area contributed by atoms with Gasteiger partial charge in [0.25, 0.3) is 0 Å². The number of nitrogens with one attached hydrogen (secondary N) is 1. The highest BCUT2D eigenvalue weighted by atomic mass is 16.4. The van der Waals surface area contributed by atoms with E-state index in [4.69, 9.17) is 10.2 Å². The smallest absolute Gasteiger partial charge is 0.232 e. The van der Waals surface area contributed by atoms with Gasteiger partial charge in [0, 0.05) is 5.41 Å². The van der Waals surface area contributed by atoms with E-state index in [1.807, 2.05) is 46.8 Å². The summed E-state index contributed by atoms with van der Waals surface area (Å²) in [5.74, 6) is 1.06. The number of carbonyl (C=O) groups excluding carboxylic acids is 1.